The Morgan fingerprint density at radius 1 is 1.21 bits per heavy atom. The summed E-state index contributed by atoms with van der Waals surface area (Å²) in [6.45, 7) is 4.00. The molecular weight excluding hydrogens is 357 g/mol. The second-order valence-electron chi connectivity index (χ2n) is 6.74. The molecule has 2 N–H and O–H groups in total. The molecule has 2 aromatic heterocycles. The summed E-state index contributed by atoms with van der Waals surface area (Å²) in [7, 11) is 0. The average Bonchev–Trinajstić information content (AvgIpc) is 3.26. The summed E-state index contributed by atoms with van der Waals surface area (Å²) in [5, 5.41) is 12.0. The van der Waals surface area contributed by atoms with Crippen molar-refractivity contribution in [3.63, 3.8) is 0 Å². The fourth-order valence-corrected chi connectivity index (χ4v) is 3.26. The topological polar surface area (TPSA) is 75.6 Å². The molecule has 4 rings (SSSR count). The van der Waals surface area contributed by atoms with Crippen LogP contribution in [0.3, 0.4) is 0 Å². The Balaban J connectivity index is 1.44. The van der Waals surface area contributed by atoms with Gasteiger partial charge in [0.25, 0.3) is 5.91 Å². The summed E-state index contributed by atoms with van der Waals surface area (Å²) in [6, 6.07) is 12.9. The third-order valence-corrected chi connectivity index (χ3v) is 4.84. The van der Waals surface area contributed by atoms with Gasteiger partial charge in [0.1, 0.15) is 5.82 Å². The van der Waals surface area contributed by atoms with Crippen LogP contribution < -0.4 is 5.32 Å². The molecule has 2 heterocycles. The molecule has 142 valence electrons. The Hall–Kier alpha value is -3.48. The lowest BCUT2D eigenvalue weighted by molar-refractivity contribution is 0.0948. The number of H-pyrrole nitrogens is 1. The molecule has 0 saturated heterocycles. The highest BCUT2D eigenvalue weighted by Gasteiger charge is 2.17. The predicted molar refractivity (Wildman–Crippen MR) is 105 cm³/mol. The van der Waals surface area contributed by atoms with Crippen molar-refractivity contribution in [2.45, 2.75) is 20.3 Å². The molecule has 0 radical (unpaired) electrons. The molecule has 0 aliphatic carbocycles. The third-order valence-electron chi connectivity index (χ3n) is 4.84. The quantitative estimate of drug-likeness (QED) is 0.559. The van der Waals surface area contributed by atoms with Gasteiger partial charge in [0.2, 0.25) is 0 Å². The lowest BCUT2D eigenvalue weighted by atomic mass is 10.1. The lowest BCUT2D eigenvalue weighted by Gasteiger charge is -2.05. The molecule has 6 nitrogen and oxygen atoms in total. The minimum atomic E-state index is -0.262. The summed E-state index contributed by atoms with van der Waals surface area (Å²) in [6.07, 6.45) is 2.48. The number of nitrogens with one attached hydrogen (secondary N) is 2. The largest absolute Gasteiger partial charge is 0.361 e. The van der Waals surface area contributed by atoms with Gasteiger partial charge in [-0.25, -0.2) is 9.07 Å². The Labute approximate surface area is 161 Å². The lowest BCUT2D eigenvalue weighted by Crippen LogP contribution is -2.26. The fourth-order valence-electron chi connectivity index (χ4n) is 3.26. The van der Waals surface area contributed by atoms with Gasteiger partial charge in [-0.15, -0.1) is 5.10 Å². The van der Waals surface area contributed by atoms with Crippen LogP contribution in [0.25, 0.3) is 16.6 Å². The van der Waals surface area contributed by atoms with Crippen LogP contribution >= 0.6 is 0 Å². The number of fused-ring (bicyclic) bond motifs is 1. The van der Waals surface area contributed by atoms with E-state index in [1.165, 1.54) is 6.07 Å². The van der Waals surface area contributed by atoms with Crippen LogP contribution in [0.4, 0.5) is 4.39 Å². The van der Waals surface area contributed by atoms with E-state index < -0.39 is 0 Å². The van der Waals surface area contributed by atoms with E-state index in [9.17, 15) is 9.18 Å². The molecule has 0 atom stereocenters. The van der Waals surface area contributed by atoms with E-state index in [1.807, 2.05) is 49.5 Å². The second-order valence-corrected chi connectivity index (χ2v) is 6.74. The molecule has 2 aromatic carbocycles. The normalized spacial score (nSPS) is 11.1. The first-order valence-electron chi connectivity index (χ1n) is 9.06. The van der Waals surface area contributed by atoms with Gasteiger partial charge in [0.05, 0.1) is 11.4 Å². The van der Waals surface area contributed by atoms with Crippen molar-refractivity contribution in [3.05, 3.63) is 77.0 Å². The molecule has 0 bridgehead atoms. The van der Waals surface area contributed by atoms with Crippen LogP contribution in [0, 0.1) is 19.7 Å². The number of hydrogen-bond acceptors (Lipinski definition) is 3. The van der Waals surface area contributed by atoms with Crippen molar-refractivity contribution in [1.82, 2.24) is 25.3 Å². The highest BCUT2D eigenvalue weighted by Crippen LogP contribution is 2.22. The van der Waals surface area contributed by atoms with E-state index in [2.05, 4.69) is 20.6 Å². The smallest absolute Gasteiger partial charge is 0.273 e. The first kappa shape index (κ1) is 17.9. The molecule has 0 spiro atoms. The SMILES string of the molecule is Cc1cc2c(CCNC(=O)c3nnn(-c4ccccc4)c3C)c[nH]c2cc1F. The van der Waals surface area contributed by atoms with E-state index in [0.29, 0.717) is 29.9 Å². The van der Waals surface area contributed by atoms with Gasteiger partial charge in [0, 0.05) is 23.6 Å². The Bertz CT molecular complexity index is 1150. The van der Waals surface area contributed by atoms with E-state index in [-0.39, 0.29) is 11.7 Å². The number of nitrogens with zero attached hydrogens (tertiary/aromatic N) is 3. The number of aryl methyl sites for hydroxylation is 1. The number of para-hydroxylation sites is 1. The van der Waals surface area contributed by atoms with Crippen molar-refractivity contribution in [2.75, 3.05) is 6.54 Å². The molecule has 0 fully saturated rings. The molecule has 0 saturated carbocycles. The highest BCUT2D eigenvalue weighted by atomic mass is 19.1. The number of carbonyl (C=O) groups excluding carboxylic acids is 1. The number of hydrogen-bond donors (Lipinski definition) is 2. The van der Waals surface area contributed by atoms with Crippen molar-refractivity contribution in [1.29, 1.82) is 0 Å². The minimum Gasteiger partial charge on any atom is -0.361 e. The number of benzene rings is 2. The molecule has 1 amide bonds. The fraction of sp³-hybridized carbons (Fsp3) is 0.190. The first-order valence-corrected chi connectivity index (χ1v) is 9.06. The van der Waals surface area contributed by atoms with Crippen LogP contribution in [0.1, 0.15) is 27.3 Å². The standard InChI is InChI=1S/C21H20FN5O/c1-13-10-17-15(12-24-19(17)11-18(13)22)8-9-23-21(28)20-14(2)27(26-25-20)16-6-4-3-5-7-16/h3-7,10-12,24H,8-9H2,1-2H3,(H,23,28). The number of amides is 1. The summed E-state index contributed by atoms with van der Waals surface area (Å²) in [5.41, 5.74) is 4.23. The molecule has 7 heteroatoms. The zero-order chi connectivity index (χ0) is 19.7. The maximum absolute atomic E-state index is 13.7. The van der Waals surface area contributed by atoms with Gasteiger partial charge in [-0.2, -0.15) is 0 Å². The summed E-state index contributed by atoms with van der Waals surface area (Å²) >= 11 is 0. The Morgan fingerprint density at radius 3 is 2.79 bits per heavy atom. The van der Waals surface area contributed by atoms with Crippen molar-refractivity contribution < 1.29 is 9.18 Å². The molecule has 4 aromatic rings. The van der Waals surface area contributed by atoms with Gasteiger partial charge >= 0.3 is 0 Å². The molecule has 0 aliphatic heterocycles. The van der Waals surface area contributed by atoms with Crippen LogP contribution in [-0.4, -0.2) is 32.4 Å². The Kier molecular flexibility index (Phi) is 4.65. The van der Waals surface area contributed by atoms with Gasteiger partial charge in [-0.05, 0) is 55.7 Å². The molecule has 0 aliphatic rings. The zero-order valence-electron chi connectivity index (χ0n) is 15.7. The number of rotatable bonds is 5. The van der Waals surface area contributed by atoms with Crippen LogP contribution in [0.5, 0.6) is 0 Å². The zero-order valence-corrected chi connectivity index (χ0v) is 15.7. The molecule has 0 unspecified atom stereocenters. The van der Waals surface area contributed by atoms with Crippen molar-refractivity contribution >= 4 is 16.8 Å². The number of aromatic nitrogens is 4. The summed E-state index contributed by atoms with van der Waals surface area (Å²) in [4.78, 5) is 15.6. The minimum absolute atomic E-state index is 0.230. The van der Waals surface area contributed by atoms with Gasteiger partial charge in [-0.3, -0.25) is 4.79 Å². The monoisotopic (exact) mass is 377 g/mol. The number of aromatic amines is 1. The molecular formula is C21H20FN5O. The number of carbonyl (C=O) groups is 1. The van der Waals surface area contributed by atoms with E-state index >= 15 is 0 Å². The maximum Gasteiger partial charge on any atom is 0.273 e. The van der Waals surface area contributed by atoms with E-state index in [1.54, 1.807) is 11.6 Å². The highest BCUT2D eigenvalue weighted by molar-refractivity contribution is 5.93. The van der Waals surface area contributed by atoms with Gasteiger partial charge in [-0.1, -0.05) is 23.4 Å². The second kappa shape index (κ2) is 7.26. The van der Waals surface area contributed by atoms with Crippen LogP contribution in [0.2, 0.25) is 0 Å². The molecule has 28 heavy (non-hydrogen) atoms. The third kappa shape index (κ3) is 3.26. The van der Waals surface area contributed by atoms with Crippen molar-refractivity contribution in [3.8, 4) is 5.69 Å². The van der Waals surface area contributed by atoms with Gasteiger partial charge in [0.15, 0.2) is 5.69 Å². The predicted octanol–water partition coefficient (Wildman–Crippen LogP) is 3.48. The first-order chi connectivity index (χ1) is 13.5. The number of halogens is 1. The summed E-state index contributed by atoms with van der Waals surface area (Å²) in [5.74, 6) is -0.493. The van der Waals surface area contributed by atoms with Crippen LogP contribution in [0.15, 0.2) is 48.7 Å². The van der Waals surface area contributed by atoms with E-state index in [0.717, 1.165) is 22.2 Å². The van der Waals surface area contributed by atoms with Crippen LogP contribution in [-0.2, 0) is 6.42 Å². The van der Waals surface area contributed by atoms with Gasteiger partial charge < -0.3 is 10.3 Å². The Morgan fingerprint density at radius 2 is 2.00 bits per heavy atom. The summed E-state index contributed by atoms with van der Waals surface area (Å²) < 4.78 is 15.3. The van der Waals surface area contributed by atoms with E-state index in [4.69, 9.17) is 0 Å². The van der Waals surface area contributed by atoms with Crippen molar-refractivity contribution in [2.24, 2.45) is 0 Å². The maximum atomic E-state index is 13.7. The average molecular weight is 377 g/mol.